The summed E-state index contributed by atoms with van der Waals surface area (Å²) >= 11 is 0. The third kappa shape index (κ3) is 3.13. The van der Waals surface area contributed by atoms with Crippen molar-refractivity contribution in [1.82, 2.24) is 0 Å². The van der Waals surface area contributed by atoms with Crippen molar-refractivity contribution in [3.8, 4) is 0 Å². The molecule has 0 atom stereocenters. The fraction of sp³-hybridized carbons (Fsp3) is 0. The smallest absolute Gasteiger partial charge is 0.335 e. The standard InChI is InChI=1S/C25H19O2P/c26-25(27)20-16-18-24(19-17-20)28(21-10-4-1-5-11-21,22-12-6-2-7-13-22)23-14-8-3-9-15-23/h1-19H/p+1. The van der Waals surface area contributed by atoms with Crippen LogP contribution in [0.3, 0.4) is 0 Å². The zero-order chi connectivity index (χ0) is 19.4. The van der Waals surface area contributed by atoms with Gasteiger partial charge in [-0.15, -0.1) is 0 Å². The maximum absolute atomic E-state index is 11.4. The van der Waals surface area contributed by atoms with Gasteiger partial charge >= 0.3 is 5.97 Å². The van der Waals surface area contributed by atoms with Crippen LogP contribution >= 0.6 is 7.26 Å². The van der Waals surface area contributed by atoms with E-state index < -0.39 is 13.2 Å². The number of aromatic carboxylic acids is 1. The van der Waals surface area contributed by atoms with Gasteiger partial charge in [0.2, 0.25) is 0 Å². The minimum absolute atomic E-state index is 0.302. The van der Waals surface area contributed by atoms with Crippen LogP contribution in [-0.4, -0.2) is 11.1 Å². The number of hydrogen-bond acceptors (Lipinski definition) is 1. The predicted molar refractivity (Wildman–Crippen MR) is 118 cm³/mol. The first-order chi connectivity index (χ1) is 13.7. The second kappa shape index (κ2) is 7.80. The number of carboxylic acid groups (broad SMARTS) is 1. The van der Waals surface area contributed by atoms with Gasteiger partial charge in [0.25, 0.3) is 0 Å². The molecule has 0 fully saturated rings. The van der Waals surface area contributed by atoms with E-state index in [0.29, 0.717) is 5.56 Å². The van der Waals surface area contributed by atoms with Gasteiger partial charge in [0.05, 0.1) is 5.56 Å². The van der Waals surface area contributed by atoms with Crippen LogP contribution in [0.25, 0.3) is 0 Å². The molecule has 0 spiro atoms. The molecule has 0 saturated carbocycles. The van der Waals surface area contributed by atoms with E-state index in [9.17, 15) is 9.90 Å². The Kier molecular flexibility index (Phi) is 5.06. The molecule has 0 aromatic heterocycles. The van der Waals surface area contributed by atoms with Gasteiger partial charge in [0.15, 0.2) is 0 Å². The summed E-state index contributed by atoms with van der Waals surface area (Å²) in [6.45, 7) is 0. The van der Waals surface area contributed by atoms with Gasteiger partial charge in [-0.2, -0.15) is 0 Å². The van der Waals surface area contributed by atoms with Crippen molar-refractivity contribution in [3.63, 3.8) is 0 Å². The van der Waals surface area contributed by atoms with Crippen molar-refractivity contribution >= 4 is 34.4 Å². The average Bonchev–Trinajstić information content (AvgIpc) is 2.77. The van der Waals surface area contributed by atoms with Crippen molar-refractivity contribution in [2.75, 3.05) is 0 Å². The van der Waals surface area contributed by atoms with Crippen LogP contribution in [-0.2, 0) is 0 Å². The molecule has 2 nitrogen and oxygen atoms in total. The van der Waals surface area contributed by atoms with E-state index >= 15 is 0 Å². The maximum atomic E-state index is 11.4. The van der Waals surface area contributed by atoms with Crippen molar-refractivity contribution in [3.05, 3.63) is 121 Å². The molecule has 4 aromatic rings. The minimum Gasteiger partial charge on any atom is -0.478 e. The van der Waals surface area contributed by atoms with E-state index in [1.807, 2.05) is 30.3 Å². The summed E-state index contributed by atoms with van der Waals surface area (Å²) in [5.74, 6) is -0.908. The van der Waals surface area contributed by atoms with Gasteiger partial charge in [0, 0.05) is 0 Å². The third-order valence-corrected chi connectivity index (χ3v) is 9.22. The number of benzene rings is 4. The summed E-state index contributed by atoms with van der Waals surface area (Å²) in [6, 6.07) is 39.0. The summed E-state index contributed by atoms with van der Waals surface area (Å²) in [4.78, 5) is 11.4. The van der Waals surface area contributed by atoms with Crippen LogP contribution in [0.15, 0.2) is 115 Å². The Balaban J connectivity index is 2.08. The molecule has 28 heavy (non-hydrogen) atoms. The van der Waals surface area contributed by atoms with E-state index in [0.717, 1.165) is 5.30 Å². The molecule has 4 rings (SSSR count). The number of carbonyl (C=O) groups is 1. The van der Waals surface area contributed by atoms with E-state index in [2.05, 4.69) is 72.8 Å². The first kappa shape index (κ1) is 18.2. The molecule has 0 aliphatic carbocycles. The predicted octanol–water partition coefficient (Wildman–Crippen LogP) is 4.00. The summed E-state index contributed by atoms with van der Waals surface area (Å²) in [6.07, 6.45) is 0. The van der Waals surface area contributed by atoms with Crippen molar-refractivity contribution in [2.45, 2.75) is 0 Å². The number of carboxylic acids is 1. The minimum atomic E-state index is -2.15. The molecule has 0 bridgehead atoms. The van der Waals surface area contributed by atoms with E-state index in [1.54, 1.807) is 12.1 Å². The van der Waals surface area contributed by atoms with Gasteiger partial charge in [-0.25, -0.2) is 4.79 Å². The number of hydrogen-bond donors (Lipinski definition) is 1. The van der Waals surface area contributed by atoms with Crippen molar-refractivity contribution in [1.29, 1.82) is 0 Å². The molecule has 0 amide bonds. The van der Waals surface area contributed by atoms with Crippen molar-refractivity contribution < 1.29 is 9.90 Å². The average molecular weight is 383 g/mol. The van der Waals surface area contributed by atoms with Gasteiger partial charge < -0.3 is 5.11 Å². The van der Waals surface area contributed by atoms with Crippen LogP contribution in [0.4, 0.5) is 0 Å². The monoisotopic (exact) mass is 383 g/mol. The zero-order valence-electron chi connectivity index (χ0n) is 15.3. The molecular formula is C25H20O2P+. The van der Waals surface area contributed by atoms with Crippen LogP contribution in [0, 0.1) is 0 Å². The molecule has 0 aliphatic rings. The molecule has 136 valence electrons. The second-order valence-corrected chi connectivity index (χ2v) is 9.94. The fourth-order valence-electron chi connectivity index (χ4n) is 3.68. The SMILES string of the molecule is O=C(O)c1ccc([P+](c2ccccc2)(c2ccccc2)c2ccccc2)cc1. The van der Waals surface area contributed by atoms with Gasteiger partial charge in [-0.1, -0.05) is 54.6 Å². The van der Waals surface area contributed by atoms with E-state index in [1.165, 1.54) is 15.9 Å². The van der Waals surface area contributed by atoms with Gasteiger partial charge in [0.1, 0.15) is 28.5 Å². The first-order valence-electron chi connectivity index (χ1n) is 9.13. The quantitative estimate of drug-likeness (QED) is 0.529. The summed E-state index contributed by atoms with van der Waals surface area (Å²) in [7, 11) is -2.15. The van der Waals surface area contributed by atoms with Crippen LogP contribution in [0.1, 0.15) is 10.4 Å². The Morgan fingerprint density at radius 2 is 0.821 bits per heavy atom. The Hall–Kier alpha value is -3.22. The molecule has 0 radical (unpaired) electrons. The summed E-state index contributed by atoms with van der Waals surface area (Å²) < 4.78 is 0. The normalized spacial score (nSPS) is 11.1. The lowest BCUT2D eigenvalue weighted by Gasteiger charge is -2.27. The van der Waals surface area contributed by atoms with E-state index in [4.69, 9.17) is 0 Å². The zero-order valence-corrected chi connectivity index (χ0v) is 16.2. The van der Waals surface area contributed by atoms with Crippen LogP contribution in [0.2, 0.25) is 0 Å². The van der Waals surface area contributed by atoms with Gasteiger partial charge in [-0.05, 0) is 60.7 Å². The molecule has 0 unspecified atom stereocenters. The highest BCUT2D eigenvalue weighted by molar-refractivity contribution is 8.01. The highest BCUT2D eigenvalue weighted by atomic mass is 31.2. The molecule has 0 saturated heterocycles. The second-order valence-electron chi connectivity index (χ2n) is 6.53. The molecule has 3 heteroatoms. The van der Waals surface area contributed by atoms with E-state index in [-0.39, 0.29) is 0 Å². The maximum Gasteiger partial charge on any atom is 0.335 e. The molecule has 0 heterocycles. The molecule has 1 N–H and O–H groups in total. The van der Waals surface area contributed by atoms with Crippen molar-refractivity contribution in [2.24, 2.45) is 0 Å². The topological polar surface area (TPSA) is 37.3 Å². The Bertz CT molecular complexity index is 963. The Morgan fingerprint density at radius 1 is 0.500 bits per heavy atom. The summed E-state index contributed by atoms with van der Waals surface area (Å²) in [5, 5.41) is 14.2. The lowest BCUT2D eigenvalue weighted by atomic mass is 10.2. The Labute approximate surface area is 165 Å². The third-order valence-electron chi connectivity index (χ3n) is 4.93. The highest BCUT2D eigenvalue weighted by Gasteiger charge is 2.47. The lowest BCUT2D eigenvalue weighted by Crippen LogP contribution is -2.38. The molecular weight excluding hydrogens is 363 g/mol. The lowest BCUT2D eigenvalue weighted by molar-refractivity contribution is 0.0697. The first-order valence-corrected chi connectivity index (χ1v) is 10.9. The summed E-state index contributed by atoms with van der Waals surface area (Å²) in [5.41, 5.74) is 0.302. The van der Waals surface area contributed by atoms with Gasteiger partial charge in [-0.3, -0.25) is 0 Å². The molecule has 4 aromatic carbocycles. The highest BCUT2D eigenvalue weighted by Crippen LogP contribution is 2.54. The largest absolute Gasteiger partial charge is 0.478 e. The number of rotatable bonds is 5. The van der Waals surface area contributed by atoms with Crippen LogP contribution in [0.5, 0.6) is 0 Å². The fourth-order valence-corrected chi connectivity index (χ4v) is 7.92. The molecule has 0 aliphatic heterocycles. The van der Waals surface area contributed by atoms with Crippen LogP contribution < -0.4 is 21.2 Å². The Morgan fingerprint density at radius 3 is 1.14 bits per heavy atom.